The fourth-order valence-electron chi connectivity index (χ4n) is 3.46. The molecule has 0 spiro atoms. The average molecular weight is 513 g/mol. The first-order valence-corrected chi connectivity index (χ1v) is 13.2. The quantitative estimate of drug-likeness (QED) is 0.187. The lowest BCUT2D eigenvalue weighted by Gasteiger charge is -2.26. The number of thioether (sulfide) groups is 1. The van der Waals surface area contributed by atoms with Crippen molar-refractivity contribution < 1.29 is 24.3 Å². The van der Waals surface area contributed by atoms with Crippen LogP contribution in [0.5, 0.6) is 0 Å². The van der Waals surface area contributed by atoms with Gasteiger partial charge in [0.2, 0.25) is 17.7 Å². The Hall–Kier alpha value is -2.60. The number of amides is 3. The first-order valence-electron chi connectivity index (χ1n) is 11.8. The summed E-state index contributed by atoms with van der Waals surface area (Å²) in [5, 5.41) is 17.5. The molecule has 11 nitrogen and oxygen atoms in total. The predicted octanol–water partition coefficient (Wildman–Crippen LogP) is 0.664. The van der Waals surface area contributed by atoms with Gasteiger partial charge in [0.15, 0.2) is 0 Å². The van der Waals surface area contributed by atoms with Crippen molar-refractivity contribution in [3.63, 3.8) is 0 Å². The van der Waals surface area contributed by atoms with Crippen LogP contribution >= 0.6 is 11.8 Å². The normalized spacial score (nSPS) is 14.7. The number of carbonyl (C=O) groups excluding carboxylic acids is 3. The molecule has 0 radical (unpaired) electrons. The van der Waals surface area contributed by atoms with Gasteiger partial charge in [0.1, 0.15) is 18.1 Å². The minimum atomic E-state index is -1.20. The number of carbonyl (C=O) groups is 4. The van der Waals surface area contributed by atoms with Gasteiger partial charge in [0.05, 0.1) is 12.4 Å². The number of nitrogens with zero attached hydrogens (tertiary/aromatic N) is 1. The maximum Gasteiger partial charge on any atom is 0.326 e. The van der Waals surface area contributed by atoms with Gasteiger partial charge in [-0.25, -0.2) is 9.78 Å². The van der Waals surface area contributed by atoms with Crippen LogP contribution in [0.25, 0.3) is 0 Å². The summed E-state index contributed by atoms with van der Waals surface area (Å²) in [6.07, 6.45) is 5.96. The first-order chi connectivity index (χ1) is 16.4. The SMILES string of the molecule is CSCCC(NC(=O)C(N)CC(C)C)C(=O)NC(CC(C)C)C(=O)NC(Cc1cnc[nH]1)C(=O)O. The lowest BCUT2D eigenvalue weighted by atomic mass is 10.0. The summed E-state index contributed by atoms with van der Waals surface area (Å²) in [4.78, 5) is 57.1. The molecule has 35 heavy (non-hydrogen) atoms. The summed E-state index contributed by atoms with van der Waals surface area (Å²) in [5.41, 5.74) is 6.53. The topological polar surface area (TPSA) is 179 Å². The van der Waals surface area contributed by atoms with Crippen LogP contribution < -0.4 is 21.7 Å². The molecule has 1 heterocycles. The number of aliphatic carboxylic acids is 1. The Labute approximate surface area is 211 Å². The molecule has 0 saturated carbocycles. The number of aromatic nitrogens is 2. The Bertz CT molecular complexity index is 817. The molecule has 3 amide bonds. The number of carboxylic acids is 1. The van der Waals surface area contributed by atoms with Gasteiger partial charge in [-0.3, -0.25) is 14.4 Å². The molecule has 0 aliphatic rings. The second-order valence-electron chi connectivity index (χ2n) is 9.45. The molecule has 0 saturated heterocycles. The Balaban J connectivity index is 2.95. The van der Waals surface area contributed by atoms with Crippen molar-refractivity contribution in [2.75, 3.05) is 12.0 Å². The van der Waals surface area contributed by atoms with Gasteiger partial charge in [-0.15, -0.1) is 0 Å². The van der Waals surface area contributed by atoms with Crippen molar-refractivity contribution in [3.05, 3.63) is 18.2 Å². The summed E-state index contributed by atoms with van der Waals surface area (Å²) >= 11 is 1.53. The smallest absolute Gasteiger partial charge is 0.326 e. The van der Waals surface area contributed by atoms with Gasteiger partial charge in [-0.1, -0.05) is 27.7 Å². The van der Waals surface area contributed by atoms with Gasteiger partial charge in [0.25, 0.3) is 0 Å². The molecule has 0 aliphatic carbocycles. The van der Waals surface area contributed by atoms with E-state index in [1.54, 1.807) is 0 Å². The predicted molar refractivity (Wildman–Crippen MR) is 136 cm³/mol. The number of aromatic amines is 1. The maximum absolute atomic E-state index is 13.1. The molecule has 4 atom stereocenters. The maximum atomic E-state index is 13.1. The molecule has 1 rings (SSSR count). The zero-order valence-corrected chi connectivity index (χ0v) is 22.0. The van der Waals surface area contributed by atoms with Crippen LogP contribution in [-0.4, -0.2) is 74.9 Å². The number of nitrogens with one attached hydrogen (secondary N) is 4. The fraction of sp³-hybridized carbons (Fsp3) is 0.696. The third-order valence-electron chi connectivity index (χ3n) is 5.24. The molecular formula is C23H40N6O5S. The molecule has 12 heteroatoms. The zero-order chi connectivity index (χ0) is 26.5. The second-order valence-corrected chi connectivity index (χ2v) is 10.4. The lowest BCUT2D eigenvalue weighted by Crippen LogP contribution is -2.57. The van der Waals surface area contributed by atoms with E-state index in [4.69, 9.17) is 5.73 Å². The molecule has 1 aromatic heterocycles. The minimum Gasteiger partial charge on any atom is -0.480 e. The van der Waals surface area contributed by atoms with Crippen LogP contribution in [-0.2, 0) is 25.6 Å². The van der Waals surface area contributed by atoms with E-state index in [2.05, 4.69) is 25.9 Å². The van der Waals surface area contributed by atoms with Crippen molar-refractivity contribution in [2.24, 2.45) is 17.6 Å². The highest BCUT2D eigenvalue weighted by atomic mass is 32.2. The van der Waals surface area contributed by atoms with Crippen molar-refractivity contribution in [1.29, 1.82) is 0 Å². The zero-order valence-electron chi connectivity index (χ0n) is 21.2. The number of nitrogens with two attached hydrogens (primary N) is 1. The summed E-state index contributed by atoms with van der Waals surface area (Å²) in [5.74, 6) is -1.86. The van der Waals surface area contributed by atoms with Crippen molar-refractivity contribution in [2.45, 2.75) is 77.5 Å². The minimum absolute atomic E-state index is 0.0174. The van der Waals surface area contributed by atoms with Crippen molar-refractivity contribution in [3.8, 4) is 0 Å². The highest BCUT2D eigenvalue weighted by Crippen LogP contribution is 2.10. The third kappa shape index (κ3) is 11.6. The standard InChI is InChI=1S/C23H40N6O5S/c1-13(2)8-16(24)20(30)27-17(6-7-35-5)21(31)28-18(9-14(3)4)22(32)29-19(23(33)34)10-15-11-25-12-26-15/h11-14,16-19H,6-10,24H2,1-5H3,(H,25,26)(H,27,30)(H,28,31)(H,29,32)(H,33,34). The molecule has 198 valence electrons. The monoisotopic (exact) mass is 512 g/mol. The van der Waals surface area contributed by atoms with Gasteiger partial charge in [0, 0.05) is 18.3 Å². The lowest BCUT2D eigenvalue weighted by molar-refractivity contribution is -0.142. The molecular weight excluding hydrogens is 472 g/mol. The van der Waals surface area contributed by atoms with E-state index < -0.39 is 47.9 Å². The van der Waals surface area contributed by atoms with E-state index >= 15 is 0 Å². The van der Waals surface area contributed by atoms with Gasteiger partial charge >= 0.3 is 5.97 Å². The number of imidazole rings is 1. The largest absolute Gasteiger partial charge is 0.480 e. The molecule has 0 fully saturated rings. The summed E-state index contributed by atoms with van der Waals surface area (Å²) in [7, 11) is 0. The Morgan fingerprint density at radius 2 is 1.54 bits per heavy atom. The van der Waals surface area contributed by atoms with Gasteiger partial charge < -0.3 is 31.8 Å². The summed E-state index contributed by atoms with van der Waals surface area (Å²) in [6.45, 7) is 7.70. The van der Waals surface area contributed by atoms with Crippen LogP contribution in [0.15, 0.2) is 12.5 Å². The number of H-pyrrole nitrogens is 1. The third-order valence-corrected chi connectivity index (χ3v) is 5.88. The van der Waals surface area contributed by atoms with Gasteiger partial charge in [-0.05, 0) is 43.1 Å². The number of rotatable bonds is 16. The molecule has 0 aromatic carbocycles. The van der Waals surface area contributed by atoms with Crippen LogP contribution in [0.1, 0.15) is 52.7 Å². The van der Waals surface area contributed by atoms with Crippen molar-refractivity contribution >= 4 is 35.5 Å². The van der Waals surface area contributed by atoms with Gasteiger partial charge in [-0.2, -0.15) is 11.8 Å². The molecule has 0 bridgehead atoms. The first kappa shape index (κ1) is 30.4. The highest BCUT2D eigenvalue weighted by Gasteiger charge is 2.31. The number of hydrogen-bond acceptors (Lipinski definition) is 7. The van der Waals surface area contributed by atoms with Crippen LogP contribution in [0.4, 0.5) is 0 Å². The summed E-state index contributed by atoms with van der Waals surface area (Å²) < 4.78 is 0. The van der Waals surface area contributed by atoms with E-state index in [9.17, 15) is 24.3 Å². The van der Waals surface area contributed by atoms with Crippen LogP contribution in [0, 0.1) is 11.8 Å². The van der Waals surface area contributed by atoms with E-state index in [1.807, 2.05) is 34.0 Å². The van der Waals surface area contributed by atoms with Crippen LogP contribution in [0.3, 0.4) is 0 Å². The summed E-state index contributed by atoms with van der Waals surface area (Å²) in [6, 6.07) is -3.77. The Kier molecular flexibility index (Phi) is 13.4. The van der Waals surface area contributed by atoms with E-state index in [0.29, 0.717) is 30.7 Å². The molecule has 1 aromatic rings. The fourth-order valence-corrected chi connectivity index (χ4v) is 3.93. The van der Waals surface area contributed by atoms with Crippen LogP contribution in [0.2, 0.25) is 0 Å². The molecule has 4 unspecified atom stereocenters. The van der Waals surface area contributed by atoms with E-state index in [0.717, 1.165) is 0 Å². The number of hydrogen-bond donors (Lipinski definition) is 6. The Morgan fingerprint density at radius 3 is 2.06 bits per heavy atom. The molecule has 7 N–H and O–H groups in total. The Morgan fingerprint density at radius 1 is 0.971 bits per heavy atom. The number of carboxylic acid groups (broad SMARTS) is 1. The van der Waals surface area contributed by atoms with Crippen molar-refractivity contribution in [1.82, 2.24) is 25.9 Å². The highest BCUT2D eigenvalue weighted by molar-refractivity contribution is 7.98. The average Bonchev–Trinajstić information content (AvgIpc) is 3.27. The van der Waals surface area contributed by atoms with E-state index in [-0.39, 0.29) is 18.3 Å². The second kappa shape index (κ2) is 15.4. The van der Waals surface area contributed by atoms with E-state index in [1.165, 1.54) is 24.3 Å². The molecule has 0 aliphatic heterocycles.